The fourth-order valence-corrected chi connectivity index (χ4v) is 4.38. The van der Waals surface area contributed by atoms with Crippen LogP contribution in [0.2, 0.25) is 5.02 Å². The number of aromatic nitrogens is 2. The van der Waals surface area contributed by atoms with Gasteiger partial charge in [0.25, 0.3) is 11.5 Å². The van der Waals surface area contributed by atoms with Gasteiger partial charge in [-0.15, -0.1) is 0 Å². The topological polar surface area (TPSA) is 75.3 Å². The third-order valence-electron chi connectivity index (χ3n) is 6.11. The zero-order valence-corrected chi connectivity index (χ0v) is 17.7. The number of carbonyl (C=O) groups is 1. The van der Waals surface area contributed by atoms with Crippen molar-refractivity contribution in [1.29, 1.82) is 0 Å². The molecule has 2 aliphatic rings. The van der Waals surface area contributed by atoms with Gasteiger partial charge in [-0.25, -0.2) is 4.98 Å². The molecule has 3 aromatic rings. The van der Waals surface area contributed by atoms with E-state index in [1.165, 1.54) is 5.56 Å². The number of nitrogens with one attached hydrogen (secondary N) is 1. The number of fused-ring (bicyclic) bond motifs is 1. The molecule has 1 saturated carbocycles. The summed E-state index contributed by atoms with van der Waals surface area (Å²) in [7, 11) is 0. The highest BCUT2D eigenvalue weighted by Crippen LogP contribution is 2.51. The van der Waals surface area contributed by atoms with Crippen molar-refractivity contribution in [3.8, 4) is 5.75 Å². The van der Waals surface area contributed by atoms with Gasteiger partial charge in [-0.1, -0.05) is 48.0 Å². The van der Waals surface area contributed by atoms with E-state index in [4.69, 9.17) is 21.3 Å². The minimum absolute atomic E-state index is 0.101. The minimum atomic E-state index is -0.187. The Labute approximate surface area is 184 Å². The fourth-order valence-electron chi connectivity index (χ4n) is 4.20. The van der Waals surface area contributed by atoms with E-state index in [9.17, 15) is 9.59 Å². The van der Waals surface area contributed by atoms with E-state index in [-0.39, 0.29) is 30.0 Å². The van der Waals surface area contributed by atoms with Crippen LogP contribution in [0.15, 0.2) is 59.4 Å². The summed E-state index contributed by atoms with van der Waals surface area (Å²) in [4.78, 5) is 35.0. The van der Waals surface area contributed by atoms with Gasteiger partial charge in [0, 0.05) is 18.0 Å². The molecular weight excluding hydrogens is 414 g/mol. The Bertz CT molecular complexity index is 1190. The van der Waals surface area contributed by atoms with Crippen LogP contribution < -0.4 is 10.3 Å². The highest BCUT2D eigenvalue weighted by molar-refractivity contribution is 6.30. The summed E-state index contributed by atoms with van der Waals surface area (Å²) in [5, 5.41) is 0.550. The number of H-pyrrole nitrogens is 1. The average Bonchev–Trinajstić information content (AvgIpc) is 3.60. The first kappa shape index (κ1) is 19.8. The van der Waals surface area contributed by atoms with Crippen LogP contribution in [0.1, 0.15) is 35.5 Å². The summed E-state index contributed by atoms with van der Waals surface area (Å²) in [6.45, 7) is 0.656. The summed E-state index contributed by atoms with van der Waals surface area (Å²) in [6.07, 6.45) is 2.51. The van der Waals surface area contributed by atoms with Crippen molar-refractivity contribution in [3.05, 3.63) is 92.6 Å². The number of rotatable bonds is 5. The first-order valence-corrected chi connectivity index (χ1v) is 10.8. The van der Waals surface area contributed by atoms with E-state index in [1.54, 1.807) is 29.2 Å². The van der Waals surface area contributed by atoms with Crippen molar-refractivity contribution in [1.82, 2.24) is 14.9 Å². The molecule has 2 heterocycles. The number of nitrogens with zero attached hydrogens (tertiary/aromatic N) is 2. The van der Waals surface area contributed by atoms with Crippen molar-refractivity contribution in [2.75, 3.05) is 13.2 Å². The molecule has 1 fully saturated rings. The predicted molar refractivity (Wildman–Crippen MR) is 117 cm³/mol. The number of amides is 1. The molecule has 1 aromatic heterocycles. The Morgan fingerprint density at radius 3 is 2.71 bits per heavy atom. The Hall–Kier alpha value is -3.12. The molecule has 0 saturated heterocycles. The largest absolute Gasteiger partial charge is 0.484 e. The Morgan fingerprint density at radius 2 is 1.97 bits per heavy atom. The van der Waals surface area contributed by atoms with Crippen LogP contribution in [0.3, 0.4) is 0 Å². The Morgan fingerprint density at radius 1 is 1.16 bits per heavy atom. The summed E-state index contributed by atoms with van der Waals surface area (Å²) in [6, 6.07) is 17.1. The molecule has 1 N–H and O–H groups in total. The van der Waals surface area contributed by atoms with Gasteiger partial charge in [-0.05, 0) is 36.6 Å². The monoisotopic (exact) mass is 435 g/mol. The lowest BCUT2D eigenvalue weighted by atomic mass is 9.94. The van der Waals surface area contributed by atoms with E-state index in [0.717, 1.165) is 24.4 Å². The number of benzene rings is 2. The van der Waals surface area contributed by atoms with E-state index < -0.39 is 0 Å². The second kappa shape index (κ2) is 7.85. The zero-order chi connectivity index (χ0) is 21.4. The number of halogens is 1. The van der Waals surface area contributed by atoms with Crippen LogP contribution >= 0.6 is 11.6 Å². The molecule has 0 bridgehead atoms. The van der Waals surface area contributed by atoms with Gasteiger partial charge in [-0.2, -0.15) is 0 Å². The standard InChI is InChI=1S/C24H22ClN3O3/c25-17-7-4-8-18(13-17)31-15-21(29)28-12-9-20-19(14-28)22(30)27-23(26-20)24(10-11-24)16-5-2-1-3-6-16/h1-8,13H,9-12,14-15H2,(H,26,27,30). The molecule has 0 radical (unpaired) electrons. The number of aromatic amines is 1. The number of ether oxygens (including phenoxy) is 1. The molecular formula is C24H22ClN3O3. The van der Waals surface area contributed by atoms with Crippen molar-refractivity contribution < 1.29 is 9.53 Å². The lowest BCUT2D eigenvalue weighted by Crippen LogP contribution is -2.42. The molecule has 7 heteroatoms. The highest BCUT2D eigenvalue weighted by Gasteiger charge is 2.48. The molecule has 6 nitrogen and oxygen atoms in total. The molecule has 158 valence electrons. The molecule has 5 rings (SSSR count). The van der Waals surface area contributed by atoms with Crippen LogP contribution in [-0.4, -0.2) is 33.9 Å². The maximum atomic E-state index is 12.9. The summed E-state index contributed by atoms with van der Waals surface area (Å²) >= 11 is 5.95. The lowest BCUT2D eigenvalue weighted by molar-refractivity contribution is -0.134. The van der Waals surface area contributed by atoms with Crippen molar-refractivity contribution >= 4 is 17.5 Å². The summed E-state index contributed by atoms with van der Waals surface area (Å²) < 4.78 is 5.56. The number of carbonyl (C=O) groups excluding carboxylic acids is 1. The van der Waals surface area contributed by atoms with Gasteiger partial charge in [-0.3, -0.25) is 9.59 Å². The van der Waals surface area contributed by atoms with Gasteiger partial charge >= 0.3 is 0 Å². The third-order valence-corrected chi connectivity index (χ3v) is 6.34. The maximum absolute atomic E-state index is 12.9. The summed E-state index contributed by atoms with van der Waals surface area (Å²) in [5.74, 6) is 1.11. The van der Waals surface area contributed by atoms with Crippen LogP contribution in [0.25, 0.3) is 0 Å². The molecule has 0 unspecified atom stereocenters. The SMILES string of the molecule is O=C(COc1cccc(Cl)c1)N1CCc2nc(C3(c4ccccc4)CC3)[nH]c(=O)c2C1. The van der Waals surface area contributed by atoms with Crippen molar-refractivity contribution in [3.63, 3.8) is 0 Å². The predicted octanol–water partition coefficient (Wildman–Crippen LogP) is 3.47. The molecule has 1 aliphatic heterocycles. The van der Waals surface area contributed by atoms with E-state index in [1.807, 2.05) is 18.2 Å². The quantitative estimate of drug-likeness (QED) is 0.665. The zero-order valence-electron chi connectivity index (χ0n) is 16.9. The smallest absolute Gasteiger partial charge is 0.260 e. The lowest BCUT2D eigenvalue weighted by Gasteiger charge is -2.28. The highest BCUT2D eigenvalue weighted by atomic mass is 35.5. The second-order valence-electron chi connectivity index (χ2n) is 8.10. The van der Waals surface area contributed by atoms with E-state index in [2.05, 4.69) is 17.1 Å². The van der Waals surface area contributed by atoms with Crippen LogP contribution in [0, 0.1) is 0 Å². The van der Waals surface area contributed by atoms with E-state index >= 15 is 0 Å². The average molecular weight is 436 g/mol. The van der Waals surface area contributed by atoms with Crippen molar-refractivity contribution in [2.45, 2.75) is 31.2 Å². The van der Waals surface area contributed by atoms with Crippen LogP contribution in [-0.2, 0) is 23.2 Å². The van der Waals surface area contributed by atoms with Crippen LogP contribution in [0.5, 0.6) is 5.75 Å². The molecule has 31 heavy (non-hydrogen) atoms. The van der Waals surface area contributed by atoms with E-state index in [0.29, 0.717) is 29.3 Å². The molecule has 0 spiro atoms. The van der Waals surface area contributed by atoms with Gasteiger partial charge in [0.05, 0.1) is 23.2 Å². The molecule has 1 amide bonds. The van der Waals surface area contributed by atoms with Crippen molar-refractivity contribution in [2.24, 2.45) is 0 Å². The Balaban J connectivity index is 1.32. The van der Waals surface area contributed by atoms with Gasteiger partial charge in [0.15, 0.2) is 6.61 Å². The first-order chi connectivity index (χ1) is 15.0. The fraction of sp³-hybridized carbons (Fsp3) is 0.292. The molecule has 2 aromatic carbocycles. The third kappa shape index (κ3) is 3.83. The number of hydrogen-bond donors (Lipinski definition) is 1. The van der Waals surface area contributed by atoms with Gasteiger partial charge in [0.1, 0.15) is 11.6 Å². The van der Waals surface area contributed by atoms with Crippen LogP contribution in [0.4, 0.5) is 0 Å². The summed E-state index contributed by atoms with van der Waals surface area (Å²) in [5.41, 5.74) is 2.20. The van der Waals surface area contributed by atoms with Gasteiger partial charge < -0.3 is 14.6 Å². The molecule has 0 atom stereocenters. The normalized spacial score (nSPS) is 16.5. The first-order valence-electron chi connectivity index (χ1n) is 10.4. The number of hydrogen-bond acceptors (Lipinski definition) is 4. The maximum Gasteiger partial charge on any atom is 0.260 e. The van der Waals surface area contributed by atoms with Gasteiger partial charge in [0.2, 0.25) is 0 Å². The Kier molecular flexibility index (Phi) is 5.02. The second-order valence-corrected chi connectivity index (χ2v) is 8.54. The minimum Gasteiger partial charge on any atom is -0.484 e. The molecule has 1 aliphatic carbocycles.